The standard InChI is InChI=1S/C79H154O17P2/c1-6-9-12-15-17-19-21-23-25-27-29-30-31-33-35-37-39-41-45-49-54-59-64-78(83)96-75(69-90-77(82)63-58-53-48-44-40-38-36-34-32-28-26-24-22-20-18-16-13-10-7-2)71-94-98(87,88)92-67-73(80)66-91-97(85,86)93-70-74(68-89-76(81)62-57-51-14-11-8-3)95-79(84)65-60-55-50-46-42-43-47-52-56-61-72(4)5/h72-75,80H,6-71H2,1-5H3,(H,85,86)(H,87,88)/t73-,74+,75+/m0/s1. The molecule has 582 valence electrons. The molecule has 0 aromatic heterocycles. The van der Waals surface area contributed by atoms with Crippen LogP contribution in [-0.2, 0) is 65.4 Å². The maximum atomic E-state index is 13.1. The molecule has 0 aromatic carbocycles. The first kappa shape index (κ1) is 96.1. The molecule has 0 aliphatic carbocycles. The summed E-state index contributed by atoms with van der Waals surface area (Å²) in [5.74, 6) is -1.39. The van der Waals surface area contributed by atoms with Gasteiger partial charge in [0.1, 0.15) is 19.3 Å². The van der Waals surface area contributed by atoms with Crippen molar-refractivity contribution in [1.29, 1.82) is 0 Å². The Hall–Kier alpha value is -1.94. The average molecular weight is 1440 g/mol. The fraction of sp³-hybridized carbons (Fsp3) is 0.949. The lowest BCUT2D eigenvalue weighted by Crippen LogP contribution is -2.30. The molecule has 3 N–H and O–H groups in total. The highest BCUT2D eigenvalue weighted by Crippen LogP contribution is 2.45. The Balaban J connectivity index is 5.10. The summed E-state index contributed by atoms with van der Waals surface area (Å²) < 4.78 is 68.4. The van der Waals surface area contributed by atoms with E-state index in [0.717, 1.165) is 102 Å². The number of unbranched alkanes of at least 4 members (excludes halogenated alkanes) is 51. The van der Waals surface area contributed by atoms with E-state index in [0.29, 0.717) is 25.7 Å². The van der Waals surface area contributed by atoms with E-state index in [4.69, 9.17) is 37.0 Å². The molecule has 0 rings (SSSR count). The molecule has 19 heteroatoms. The monoisotopic (exact) mass is 1440 g/mol. The summed E-state index contributed by atoms with van der Waals surface area (Å²) in [7, 11) is -9.90. The number of aliphatic hydroxyl groups is 1. The van der Waals surface area contributed by atoms with Crippen LogP contribution in [0.1, 0.15) is 420 Å². The molecule has 0 aromatic rings. The quantitative estimate of drug-likeness (QED) is 0.0222. The number of phosphoric acid groups is 2. The first-order chi connectivity index (χ1) is 47.5. The number of carbonyl (C=O) groups excluding carboxylic acids is 4. The van der Waals surface area contributed by atoms with E-state index in [-0.39, 0.29) is 25.7 Å². The zero-order valence-corrected chi connectivity index (χ0v) is 65.7. The number of hydrogen-bond acceptors (Lipinski definition) is 15. The zero-order chi connectivity index (χ0) is 71.9. The minimum Gasteiger partial charge on any atom is -0.462 e. The van der Waals surface area contributed by atoms with Gasteiger partial charge in [-0.05, 0) is 31.6 Å². The maximum absolute atomic E-state index is 13.1. The number of ether oxygens (including phenoxy) is 4. The Morgan fingerprint density at radius 2 is 0.469 bits per heavy atom. The lowest BCUT2D eigenvalue weighted by atomic mass is 10.0. The first-order valence-corrected chi connectivity index (χ1v) is 44.1. The summed E-state index contributed by atoms with van der Waals surface area (Å²) in [6.07, 6.45) is 63.2. The summed E-state index contributed by atoms with van der Waals surface area (Å²) in [5, 5.41) is 10.6. The van der Waals surface area contributed by atoms with Crippen molar-refractivity contribution in [3.05, 3.63) is 0 Å². The molecule has 0 spiro atoms. The predicted molar refractivity (Wildman–Crippen MR) is 400 cm³/mol. The Morgan fingerprint density at radius 1 is 0.276 bits per heavy atom. The van der Waals surface area contributed by atoms with Gasteiger partial charge in [-0.15, -0.1) is 0 Å². The highest BCUT2D eigenvalue weighted by atomic mass is 31.2. The van der Waals surface area contributed by atoms with Crippen LogP contribution in [0.2, 0.25) is 0 Å². The molecular weight excluding hydrogens is 1280 g/mol. The predicted octanol–water partition coefficient (Wildman–Crippen LogP) is 23.6. The van der Waals surface area contributed by atoms with Gasteiger partial charge in [0.15, 0.2) is 12.2 Å². The zero-order valence-electron chi connectivity index (χ0n) is 63.9. The van der Waals surface area contributed by atoms with Gasteiger partial charge in [-0.1, -0.05) is 369 Å². The first-order valence-electron chi connectivity index (χ1n) is 41.1. The molecule has 5 atom stereocenters. The van der Waals surface area contributed by atoms with Crippen LogP contribution in [0.25, 0.3) is 0 Å². The highest BCUT2D eigenvalue weighted by Gasteiger charge is 2.30. The average Bonchev–Trinajstić information content (AvgIpc) is 2.63. The molecule has 0 aliphatic heterocycles. The number of esters is 4. The van der Waals surface area contributed by atoms with Crippen LogP contribution in [0.4, 0.5) is 0 Å². The molecule has 0 amide bonds. The van der Waals surface area contributed by atoms with E-state index >= 15 is 0 Å². The van der Waals surface area contributed by atoms with Gasteiger partial charge in [-0.2, -0.15) is 0 Å². The lowest BCUT2D eigenvalue weighted by Gasteiger charge is -2.21. The fourth-order valence-electron chi connectivity index (χ4n) is 12.2. The van der Waals surface area contributed by atoms with Gasteiger partial charge in [0.25, 0.3) is 0 Å². The number of rotatable bonds is 79. The van der Waals surface area contributed by atoms with Crippen LogP contribution in [0.5, 0.6) is 0 Å². The van der Waals surface area contributed by atoms with Gasteiger partial charge in [-0.3, -0.25) is 37.3 Å². The molecule has 0 aliphatic rings. The van der Waals surface area contributed by atoms with Crippen molar-refractivity contribution < 1.29 is 80.2 Å². The van der Waals surface area contributed by atoms with Crippen molar-refractivity contribution in [2.45, 2.75) is 438 Å². The van der Waals surface area contributed by atoms with Crippen molar-refractivity contribution in [3.8, 4) is 0 Å². The topological polar surface area (TPSA) is 237 Å². The van der Waals surface area contributed by atoms with Crippen molar-refractivity contribution in [2.24, 2.45) is 5.92 Å². The Bertz CT molecular complexity index is 1870. The van der Waals surface area contributed by atoms with Crippen LogP contribution in [0.3, 0.4) is 0 Å². The molecule has 2 unspecified atom stereocenters. The highest BCUT2D eigenvalue weighted by molar-refractivity contribution is 7.47. The van der Waals surface area contributed by atoms with Crippen molar-refractivity contribution >= 4 is 39.5 Å². The summed E-state index contributed by atoms with van der Waals surface area (Å²) in [6.45, 7) is 7.19. The smallest absolute Gasteiger partial charge is 0.462 e. The molecule has 17 nitrogen and oxygen atoms in total. The van der Waals surface area contributed by atoms with Gasteiger partial charge in [0.05, 0.1) is 26.4 Å². The summed E-state index contributed by atoms with van der Waals surface area (Å²) in [6, 6.07) is 0. The maximum Gasteiger partial charge on any atom is 0.472 e. The van der Waals surface area contributed by atoms with Crippen molar-refractivity contribution in [1.82, 2.24) is 0 Å². The van der Waals surface area contributed by atoms with Crippen molar-refractivity contribution in [3.63, 3.8) is 0 Å². The molecule has 0 radical (unpaired) electrons. The molecule has 0 fully saturated rings. The van der Waals surface area contributed by atoms with E-state index in [9.17, 15) is 43.2 Å². The summed E-state index contributed by atoms with van der Waals surface area (Å²) in [4.78, 5) is 72.6. The molecule has 0 saturated carbocycles. The Morgan fingerprint density at radius 3 is 0.694 bits per heavy atom. The third-order valence-electron chi connectivity index (χ3n) is 18.5. The van der Waals surface area contributed by atoms with Crippen LogP contribution in [0.15, 0.2) is 0 Å². The second kappa shape index (κ2) is 72.0. The number of phosphoric ester groups is 2. The van der Waals surface area contributed by atoms with Gasteiger partial charge in [0, 0.05) is 25.7 Å². The minimum atomic E-state index is -4.96. The van der Waals surface area contributed by atoms with E-state index in [2.05, 4.69) is 34.6 Å². The lowest BCUT2D eigenvalue weighted by molar-refractivity contribution is -0.161. The summed E-state index contributed by atoms with van der Waals surface area (Å²) >= 11 is 0. The molecule has 0 saturated heterocycles. The fourth-order valence-corrected chi connectivity index (χ4v) is 13.8. The molecule has 0 heterocycles. The van der Waals surface area contributed by atoms with Crippen LogP contribution >= 0.6 is 15.6 Å². The number of hydrogen-bond donors (Lipinski definition) is 3. The van der Waals surface area contributed by atoms with Crippen molar-refractivity contribution in [2.75, 3.05) is 39.6 Å². The van der Waals surface area contributed by atoms with Gasteiger partial charge in [-0.25, -0.2) is 9.13 Å². The Labute approximate surface area is 600 Å². The Kier molecular flexibility index (Phi) is 70.6. The van der Waals surface area contributed by atoms with Crippen LogP contribution in [-0.4, -0.2) is 96.7 Å². The van der Waals surface area contributed by atoms with E-state index < -0.39 is 97.5 Å². The van der Waals surface area contributed by atoms with Gasteiger partial charge >= 0.3 is 39.5 Å². The summed E-state index contributed by atoms with van der Waals surface area (Å²) in [5.41, 5.74) is 0. The van der Waals surface area contributed by atoms with E-state index in [1.54, 1.807) is 0 Å². The van der Waals surface area contributed by atoms with E-state index in [1.165, 1.54) is 238 Å². The normalized spacial score (nSPS) is 13.9. The van der Waals surface area contributed by atoms with Gasteiger partial charge in [0.2, 0.25) is 0 Å². The van der Waals surface area contributed by atoms with Crippen LogP contribution < -0.4 is 0 Å². The third-order valence-corrected chi connectivity index (χ3v) is 20.4. The van der Waals surface area contributed by atoms with E-state index in [1.807, 2.05) is 0 Å². The second-order valence-electron chi connectivity index (χ2n) is 28.9. The number of carbonyl (C=O) groups is 4. The molecule has 98 heavy (non-hydrogen) atoms. The number of aliphatic hydroxyl groups excluding tert-OH is 1. The second-order valence-corrected chi connectivity index (χ2v) is 31.8. The largest absolute Gasteiger partial charge is 0.472 e. The molecule has 0 bridgehead atoms. The third kappa shape index (κ3) is 72.4. The SMILES string of the molecule is CCCCCCCCCCCCCCCCCCCCCCCCC(=O)O[C@H](COC(=O)CCCCCCCCCCCCCCCCCCCCC)COP(=O)(O)OC[C@@H](O)COP(=O)(O)OC[C@@H](COC(=O)CCCCCCC)OC(=O)CCCCCCCCCCCC(C)C. The molecular formula is C79H154O17P2. The van der Waals surface area contributed by atoms with Crippen LogP contribution in [0, 0.1) is 5.92 Å². The van der Waals surface area contributed by atoms with Gasteiger partial charge < -0.3 is 33.8 Å². The minimum absolute atomic E-state index is 0.105.